The summed E-state index contributed by atoms with van der Waals surface area (Å²) in [4.78, 5) is 44.8. The minimum atomic E-state index is -3.00. The average Bonchev–Trinajstić information content (AvgIpc) is 3.50. The summed E-state index contributed by atoms with van der Waals surface area (Å²) < 4.78 is 43.7. The van der Waals surface area contributed by atoms with Crippen molar-refractivity contribution in [1.29, 1.82) is 0 Å². The monoisotopic (exact) mass is 610 g/mol. The molecule has 43 heavy (non-hydrogen) atoms. The number of nitrogens with one attached hydrogen (secondary N) is 1. The molecule has 3 aromatic heterocycles. The molecule has 4 heterocycles. The Kier molecular flexibility index (Phi) is 7.36. The van der Waals surface area contributed by atoms with E-state index in [0.29, 0.717) is 29.8 Å². The van der Waals surface area contributed by atoms with Crippen LogP contribution in [0.25, 0.3) is 11.3 Å². The Morgan fingerprint density at radius 2 is 1.86 bits per heavy atom. The van der Waals surface area contributed by atoms with Crippen LogP contribution in [0.15, 0.2) is 36.9 Å². The van der Waals surface area contributed by atoms with E-state index in [1.165, 1.54) is 13.1 Å². The quantitative estimate of drug-likeness (QED) is 0.285. The summed E-state index contributed by atoms with van der Waals surface area (Å²) in [7, 11) is 0. The summed E-state index contributed by atoms with van der Waals surface area (Å²) in [6, 6.07) is 1.74. The number of halogens is 4. The van der Waals surface area contributed by atoms with Crippen LogP contribution in [0.4, 0.5) is 24.8 Å². The lowest BCUT2D eigenvalue weighted by atomic mass is 9.76. The van der Waals surface area contributed by atoms with Gasteiger partial charge in [0.25, 0.3) is 12.3 Å². The van der Waals surface area contributed by atoms with E-state index in [0.717, 1.165) is 36.7 Å². The van der Waals surface area contributed by atoms with E-state index in [2.05, 4.69) is 30.4 Å². The predicted octanol–water partition coefficient (Wildman–Crippen LogP) is 5.71. The van der Waals surface area contributed by atoms with Gasteiger partial charge in [0.1, 0.15) is 5.69 Å². The number of fused-ring (bicyclic) bond motifs is 1. The molecule has 1 aliphatic carbocycles. The molecule has 4 aromatic rings. The van der Waals surface area contributed by atoms with Gasteiger partial charge in [-0.1, -0.05) is 17.7 Å². The number of rotatable bonds is 7. The first-order chi connectivity index (χ1) is 20.5. The van der Waals surface area contributed by atoms with Crippen molar-refractivity contribution in [3.05, 3.63) is 76.0 Å². The van der Waals surface area contributed by atoms with Crippen molar-refractivity contribution in [2.24, 2.45) is 11.8 Å². The standard InChI is InChI=1S/C29H26ClF3N8O2/c1-13-20(9-35-29(37-13)40-11-16-4-5-18(16)28(40)43)15(3)41-12-17(8-36-41)38-27(42)25-14(2)34-10-22(39-25)23-19(26(32)33)6-7-21(30)24(23)31/h6-10,12,15-16,18,26H,4-5,11H2,1-3H3,(H,38,42)/t15-,16+,18+/m0/s1. The van der Waals surface area contributed by atoms with Gasteiger partial charge in [0.15, 0.2) is 5.82 Å². The van der Waals surface area contributed by atoms with Gasteiger partial charge in [-0.25, -0.2) is 28.1 Å². The van der Waals surface area contributed by atoms with Crippen LogP contribution < -0.4 is 10.2 Å². The maximum atomic E-state index is 14.8. The molecule has 1 saturated heterocycles. The molecule has 0 bridgehead atoms. The molecule has 0 radical (unpaired) electrons. The van der Waals surface area contributed by atoms with E-state index in [-0.39, 0.29) is 40.0 Å². The molecule has 222 valence electrons. The highest BCUT2D eigenvalue weighted by Crippen LogP contribution is 2.42. The summed E-state index contributed by atoms with van der Waals surface area (Å²) >= 11 is 5.84. The Morgan fingerprint density at radius 1 is 1.07 bits per heavy atom. The van der Waals surface area contributed by atoms with Crippen molar-refractivity contribution < 1.29 is 22.8 Å². The number of aryl methyl sites for hydroxylation is 2. The first-order valence-corrected chi connectivity index (χ1v) is 14.0. The Labute approximate surface area is 249 Å². The summed E-state index contributed by atoms with van der Waals surface area (Å²) in [6.45, 7) is 5.90. The molecule has 0 spiro atoms. The van der Waals surface area contributed by atoms with Gasteiger partial charge in [0, 0.05) is 47.2 Å². The van der Waals surface area contributed by atoms with Gasteiger partial charge in [-0.3, -0.25) is 24.2 Å². The van der Waals surface area contributed by atoms with Crippen LogP contribution in [0.5, 0.6) is 0 Å². The number of nitrogens with zero attached hydrogens (tertiary/aromatic N) is 7. The first-order valence-electron chi connectivity index (χ1n) is 13.6. The van der Waals surface area contributed by atoms with E-state index in [1.54, 1.807) is 22.0 Å². The second-order valence-electron chi connectivity index (χ2n) is 10.8. The number of hydrogen-bond acceptors (Lipinski definition) is 7. The van der Waals surface area contributed by atoms with Crippen molar-refractivity contribution in [1.82, 2.24) is 29.7 Å². The molecule has 1 aliphatic heterocycles. The number of amides is 2. The Balaban J connectivity index is 1.20. The molecule has 1 aromatic carbocycles. The molecule has 1 saturated carbocycles. The lowest BCUT2D eigenvalue weighted by molar-refractivity contribution is -0.123. The maximum Gasteiger partial charge on any atom is 0.276 e. The Hall–Kier alpha value is -4.39. The highest BCUT2D eigenvalue weighted by molar-refractivity contribution is 6.31. The number of carbonyl (C=O) groups is 2. The van der Waals surface area contributed by atoms with Crippen LogP contribution >= 0.6 is 11.6 Å². The van der Waals surface area contributed by atoms with Crippen molar-refractivity contribution in [3.63, 3.8) is 0 Å². The van der Waals surface area contributed by atoms with Gasteiger partial charge in [0.05, 0.1) is 40.5 Å². The molecule has 10 nitrogen and oxygen atoms in total. The molecule has 1 N–H and O–H groups in total. The minimum absolute atomic E-state index is 0.0848. The average molecular weight is 611 g/mol. The normalized spacial score (nSPS) is 18.5. The fourth-order valence-corrected chi connectivity index (χ4v) is 5.72. The highest BCUT2D eigenvalue weighted by atomic mass is 35.5. The van der Waals surface area contributed by atoms with Crippen LogP contribution in [0.1, 0.15) is 65.2 Å². The number of aromatic nitrogens is 6. The number of anilines is 2. The van der Waals surface area contributed by atoms with Gasteiger partial charge in [-0.15, -0.1) is 0 Å². The molecule has 2 amide bonds. The summed E-state index contributed by atoms with van der Waals surface area (Å²) in [5, 5.41) is 6.68. The molecule has 0 unspecified atom stereocenters. The smallest absolute Gasteiger partial charge is 0.276 e. The van der Waals surface area contributed by atoms with E-state index >= 15 is 0 Å². The molecular formula is C29H26ClF3N8O2. The Bertz CT molecular complexity index is 1760. The third-order valence-corrected chi connectivity index (χ3v) is 8.45. The topological polar surface area (TPSA) is 119 Å². The SMILES string of the molecule is Cc1nc(N2C[C@H]3CC[C@H]3C2=O)ncc1[C@H](C)n1cc(NC(=O)c2nc(-c3c(C(F)F)ccc(Cl)c3F)cnc2C)cn1. The van der Waals surface area contributed by atoms with Gasteiger partial charge in [-0.2, -0.15) is 5.10 Å². The number of carbonyl (C=O) groups excluding carboxylic acids is 2. The lowest BCUT2D eigenvalue weighted by Crippen LogP contribution is -2.30. The largest absolute Gasteiger partial charge is 0.318 e. The zero-order valence-corrected chi connectivity index (χ0v) is 24.1. The van der Waals surface area contributed by atoms with Crippen molar-refractivity contribution >= 4 is 35.1 Å². The van der Waals surface area contributed by atoms with E-state index < -0.39 is 29.3 Å². The van der Waals surface area contributed by atoms with Crippen LogP contribution in [0.3, 0.4) is 0 Å². The lowest BCUT2D eigenvalue weighted by Gasteiger charge is -2.25. The van der Waals surface area contributed by atoms with Crippen molar-refractivity contribution in [2.75, 3.05) is 16.8 Å². The summed E-state index contributed by atoms with van der Waals surface area (Å²) in [6.07, 6.45) is 4.82. The molecular weight excluding hydrogens is 585 g/mol. The summed E-state index contributed by atoms with van der Waals surface area (Å²) in [5.74, 6) is -0.803. The fourth-order valence-electron chi connectivity index (χ4n) is 5.56. The number of alkyl halides is 2. The predicted molar refractivity (Wildman–Crippen MR) is 151 cm³/mol. The third kappa shape index (κ3) is 5.11. The minimum Gasteiger partial charge on any atom is -0.318 e. The van der Waals surface area contributed by atoms with Gasteiger partial charge in [-0.05, 0) is 45.6 Å². The maximum absolute atomic E-state index is 14.8. The zero-order chi connectivity index (χ0) is 30.6. The first kappa shape index (κ1) is 28.7. The van der Waals surface area contributed by atoms with Gasteiger partial charge >= 0.3 is 0 Å². The van der Waals surface area contributed by atoms with E-state index in [4.69, 9.17) is 11.6 Å². The molecule has 6 rings (SSSR count). The van der Waals surface area contributed by atoms with E-state index in [1.807, 2.05) is 13.8 Å². The van der Waals surface area contributed by atoms with Crippen molar-refractivity contribution in [3.8, 4) is 11.3 Å². The van der Waals surface area contributed by atoms with Crippen LogP contribution in [0, 0.1) is 31.5 Å². The fraction of sp³-hybridized carbons (Fsp3) is 0.345. The summed E-state index contributed by atoms with van der Waals surface area (Å²) in [5.41, 5.74) is 0.459. The second-order valence-corrected chi connectivity index (χ2v) is 11.2. The van der Waals surface area contributed by atoms with Crippen LogP contribution in [0.2, 0.25) is 5.02 Å². The number of benzene rings is 1. The third-order valence-electron chi connectivity index (χ3n) is 8.16. The van der Waals surface area contributed by atoms with Gasteiger partial charge < -0.3 is 5.32 Å². The zero-order valence-electron chi connectivity index (χ0n) is 23.4. The Morgan fingerprint density at radius 3 is 2.51 bits per heavy atom. The van der Waals surface area contributed by atoms with Crippen molar-refractivity contribution in [2.45, 2.75) is 46.1 Å². The molecule has 2 fully saturated rings. The second kappa shape index (κ2) is 11.0. The molecule has 2 aliphatic rings. The van der Waals surface area contributed by atoms with Crippen LogP contribution in [-0.4, -0.2) is 48.1 Å². The number of hydrogen-bond donors (Lipinski definition) is 1. The molecule has 3 atom stereocenters. The van der Waals surface area contributed by atoms with Gasteiger partial charge in [0.2, 0.25) is 11.9 Å². The van der Waals surface area contributed by atoms with E-state index in [9.17, 15) is 22.8 Å². The highest BCUT2D eigenvalue weighted by Gasteiger charge is 2.47. The van der Waals surface area contributed by atoms with Crippen LogP contribution in [-0.2, 0) is 4.79 Å². The molecule has 14 heteroatoms.